The molecule has 0 fully saturated rings. The van der Waals surface area contributed by atoms with Crippen molar-refractivity contribution in [1.29, 1.82) is 0 Å². The smallest absolute Gasteiger partial charge is 0.325 e. The summed E-state index contributed by atoms with van der Waals surface area (Å²) in [5, 5.41) is 21.4. The Hall–Kier alpha value is -3.81. The molecule has 7 nitrogen and oxygen atoms in total. The Labute approximate surface area is 198 Å². The zero-order valence-corrected chi connectivity index (χ0v) is 19.4. The van der Waals surface area contributed by atoms with Gasteiger partial charge in [0.25, 0.3) is 0 Å². The number of aliphatic hydroxyl groups is 1. The zero-order chi connectivity index (χ0) is 24.1. The van der Waals surface area contributed by atoms with Gasteiger partial charge in [0.05, 0.1) is 13.2 Å². The second-order valence-electron chi connectivity index (χ2n) is 8.08. The molecular formula is C27H27N3O4. The number of nitrogens with one attached hydrogen (secondary N) is 1. The number of aromatic nitrogens is 2. The van der Waals surface area contributed by atoms with E-state index in [2.05, 4.69) is 33.7 Å². The number of hydrogen-bond acceptors (Lipinski definition) is 7. The van der Waals surface area contributed by atoms with Crippen LogP contribution in [0.3, 0.4) is 0 Å². The Morgan fingerprint density at radius 1 is 0.971 bits per heavy atom. The van der Waals surface area contributed by atoms with Crippen LogP contribution in [0, 0.1) is 6.92 Å². The SMILES string of the molecule is COC(=O)C(NCc1cccc(-c2nnc(-c3cccc(-c4ccccc4)c3C)o2)c1)C(C)O. The number of methoxy groups -OCH3 is 1. The van der Waals surface area contributed by atoms with Gasteiger partial charge in [0.2, 0.25) is 11.8 Å². The minimum Gasteiger partial charge on any atom is -0.468 e. The Morgan fingerprint density at radius 2 is 1.65 bits per heavy atom. The minimum absolute atomic E-state index is 0.359. The predicted molar refractivity (Wildman–Crippen MR) is 130 cm³/mol. The topological polar surface area (TPSA) is 97.5 Å². The summed E-state index contributed by atoms with van der Waals surface area (Å²) < 4.78 is 10.8. The summed E-state index contributed by atoms with van der Waals surface area (Å²) in [6.45, 7) is 3.95. The molecule has 0 saturated heterocycles. The van der Waals surface area contributed by atoms with Crippen LogP contribution in [0.4, 0.5) is 0 Å². The van der Waals surface area contributed by atoms with Gasteiger partial charge < -0.3 is 14.3 Å². The van der Waals surface area contributed by atoms with Crippen LogP contribution in [-0.4, -0.2) is 40.5 Å². The second kappa shape index (κ2) is 10.4. The third kappa shape index (κ3) is 5.06. The second-order valence-corrected chi connectivity index (χ2v) is 8.08. The quantitative estimate of drug-likeness (QED) is 0.379. The number of hydrogen-bond donors (Lipinski definition) is 2. The van der Waals surface area contributed by atoms with Crippen molar-refractivity contribution in [2.75, 3.05) is 7.11 Å². The Kier molecular flexibility index (Phi) is 7.15. The molecule has 0 amide bonds. The summed E-state index contributed by atoms with van der Waals surface area (Å²) in [5.41, 5.74) is 5.86. The standard InChI is InChI=1S/C27H27N3O4/c1-17-22(20-10-5-4-6-11-20)13-8-14-23(17)26-30-29-25(34-26)21-12-7-9-19(15-21)16-28-24(18(2)31)27(32)33-3/h4-15,18,24,28,31H,16H2,1-3H3. The van der Waals surface area contributed by atoms with Crippen molar-refractivity contribution in [3.05, 3.63) is 83.9 Å². The minimum atomic E-state index is -0.885. The summed E-state index contributed by atoms with van der Waals surface area (Å²) in [5.74, 6) is 0.343. The average molecular weight is 458 g/mol. The molecule has 4 rings (SSSR count). The highest BCUT2D eigenvalue weighted by Gasteiger charge is 2.24. The molecule has 0 aliphatic carbocycles. The van der Waals surface area contributed by atoms with Gasteiger partial charge in [-0.05, 0) is 54.3 Å². The van der Waals surface area contributed by atoms with Crippen molar-refractivity contribution < 1.29 is 19.1 Å². The number of ether oxygens (including phenoxy) is 1. The van der Waals surface area contributed by atoms with Gasteiger partial charge >= 0.3 is 5.97 Å². The molecule has 0 spiro atoms. The first-order valence-corrected chi connectivity index (χ1v) is 11.1. The van der Waals surface area contributed by atoms with Crippen LogP contribution in [0.15, 0.2) is 77.2 Å². The number of aliphatic hydroxyl groups excluding tert-OH is 1. The van der Waals surface area contributed by atoms with E-state index in [4.69, 9.17) is 9.15 Å². The maximum absolute atomic E-state index is 11.9. The molecule has 0 aliphatic rings. The van der Waals surface area contributed by atoms with Crippen molar-refractivity contribution in [2.24, 2.45) is 0 Å². The highest BCUT2D eigenvalue weighted by molar-refractivity contribution is 5.76. The van der Waals surface area contributed by atoms with E-state index in [1.807, 2.05) is 61.5 Å². The summed E-state index contributed by atoms with van der Waals surface area (Å²) in [7, 11) is 1.30. The van der Waals surface area contributed by atoms with Crippen molar-refractivity contribution in [2.45, 2.75) is 32.5 Å². The molecule has 34 heavy (non-hydrogen) atoms. The van der Waals surface area contributed by atoms with Crippen LogP contribution < -0.4 is 5.32 Å². The summed E-state index contributed by atoms with van der Waals surface area (Å²) >= 11 is 0. The number of esters is 1. The summed E-state index contributed by atoms with van der Waals surface area (Å²) in [6, 6.07) is 23.0. The molecule has 2 N–H and O–H groups in total. The average Bonchev–Trinajstić information content (AvgIpc) is 3.35. The van der Waals surface area contributed by atoms with E-state index in [1.54, 1.807) is 6.92 Å². The van der Waals surface area contributed by atoms with E-state index < -0.39 is 18.1 Å². The van der Waals surface area contributed by atoms with E-state index in [-0.39, 0.29) is 0 Å². The van der Waals surface area contributed by atoms with Gasteiger partial charge in [-0.2, -0.15) is 0 Å². The van der Waals surface area contributed by atoms with E-state index in [1.165, 1.54) is 7.11 Å². The maximum atomic E-state index is 11.9. The Bertz CT molecular complexity index is 1270. The number of carbonyl (C=O) groups excluding carboxylic acids is 1. The van der Waals surface area contributed by atoms with Crippen LogP contribution in [0.1, 0.15) is 18.1 Å². The van der Waals surface area contributed by atoms with Crippen LogP contribution in [0.2, 0.25) is 0 Å². The lowest BCUT2D eigenvalue weighted by Crippen LogP contribution is -2.45. The largest absolute Gasteiger partial charge is 0.468 e. The molecule has 7 heteroatoms. The van der Waals surface area contributed by atoms with Crippen LogP contribution >= 0.6 is 0 Å². The first kappa shape index (κ1) is 23.4. The van der Waals surface area contributed by atoms with Crippen LogP contribution in [0.25, 0.3) is 34.0 Å². The van der Waals surface area contributed by atoms with Crippen molar-refractivity contribution in [3.8, 4) is 34.0 Å². The van der Waals surface area contributed by atoms with Crippen molar-refractivity contribution in [1.82, 2.24) is 15.5 Å². The number of rotatable bonds is 8. The number of nitrogens with zero attached hydrogens (tertiary/aromatic N) is 2. The van der Waals surface area contributed by atoms with E-state index in [0.717, 1.165) is 33.4 Å². The van der Waals surface area contributed by atoms with E-state index in [0.29, 0.717) is 18.3 Å². The Morgan fingerprint density at radius 3 is 2.38 bits per heavy atom. The van der Waals surface area contributed by atoms with E-state index >= 15 is 0 Å². The summed E-state index contributed by atoms with van der Waals surface area (Å²) in [4.78, 5) is 11.9. The monoisotopic (exact) mass is 457 g/mol. The highest BCUT2D eigenvalue weighted by atomic mass is 16.5. The molecule has 2 unspecified atom stereocenters. The fourth-order valence-electron chi connectivity index (χ4n) is 3.87. The molecule has 2 atom stereocenters. The normalized spacial score (nSPS) is 12.8. The molecule has 1 heterocycles. The predicted octanol–water partition coefficient (Wildman–Crippen LogP) is 4.39. The lowest BCUT2D eigenvalue weighted by Gasteiger charge is -2.19. The Balaban J connectivity index is 1.56. The molecule has 1 aromatic heterocycles. The van der Waals surface area contributed by atoms with Gasteiger partial charge in [0, 0.05) is 17.7 Å². The highest BCUT2D eigenvalue weighted by Crippen LogP contribution is 2.32. The van der Waals surface area contributed by atoms with Gasteiger partial charge in [-0.1, -0.05) is 54.6 Å². The van der Waals surface area contributed by atoms with Gasteiger partial charge in [-0.25, -0.2) is 0 Å². The fraction of sp³-hybridized carbons (Fsp3) is 0.222. The molecule has 0 bridgehead atoms. The van der Waals surface area contributed by atoms with Crippen molar-refractivity contribution in [3.63, 3.8) is 0 Å². The summed E-state index contributed by atoms with van der Waals surface area (Å²) in [6.07, 6.45) is -0.885. The molecular weight excluding hydrogens is 430 g/mol. The van der Waals surface area contributed by atoms with Gasteiger partial charge in [-0.15, -0.1) is 10.2 Å². The lowest BCUT2D eigenvalue weighted by molar-refractivity contribution is -0.145. The number of benzene rings is 3. The van der Waals surface area contributed by atoms with Crippen LogP contribution in [0.5, 0.6) is 0 Å². The molecule has 4 aromatic rings. The number of carbonyl (C=O) groups is 1. The molecule has 0 radical (unpaired) electrons. The molecule has 174 valence electrons. The lowest BCUT2D eigenvalue weighted by atomic mass is 9.96. The third-order valence-electron chi connectivity index (χ3n) is 5.71. The molecule has 3 aromatic carbocycles. The third-order valence-corrected chi connectivity index (χ3v) is 5.71. The van der Waals surface area contributed by atoms with Gasteiger partial charge in [0.1, 0.15) is 6.04 Å². The molecule has 0 saturated carbocycles. The first-order valence-electron chi connectivity index (χ1n) is 11.1. The first-order chi connectivity index (χ1) is 16.5. The van der Waals surface area contributed by atoms with E-state index in [9.17, 15) is 9.90 Å². The van der Waals surface area contributed by atoms with Gasteiger partial charge in [-0.3, -0.25) is 10.1 Å². The zero-order valence-electron chi connectivity index (χ0n) is 19.4. The van der Waals surface area contributed by atoms with Crippen LogP contribution in [-0.2, 0) is 16.1 Å². The fourth-order valence-corrected chi connectivity index (χ4v) is 3.87. The van der Waals surface area contributed by atoms with Gasteiger partial charge in [0.15, 0.2) is 0 Å². The van der Waals surface area contributed by atoms with Crippen molar-refractivity contribution >= 4 is 5.97 Å². The molecule has 0 aliphatic heterocycles. The maximum Gasteiger partial charge on any atom is 0.325 e.